The molecule has 144 valence electrons. The van der Waals surface area contributed by atoms with E-state index in [9.17, 15) is 19.7 Å². The number of para-hydroxylation sites is 2. The fraction of sp³-hybridized carbons (Fsp3) is 0.158. The molecule has 0 saturated heterocycles. The number of non-ortho nitro benzene ring substituents is 1. The van der Waals surface area contributed by atoms with Crippen LogP contribution in [-0.4, -0.2) is 24.0 Å². The number of nitrogens with one attached hydrogen (secondary N) is 3. The zero-order valence-electron chi connectivity index (χ0n) is 15.2. The summed E-state index contributed by atoms with van der Waals surface area (Å²) in [6.07, 6.45) is 0. The van der Waals surface area contributed by atoms with Crippen molar-refractivity contribution in [2.45, 2.75) is 13.0 Å². The first-order valence-corrected chi connectivity index (χ1v) is 8.37. The topological polar surface area (TPSA) is 123 Å². The zero-order chi connectivity index (χ0) is 20.3. The van der Waals surface area contributed by atoms with Gasteiger partial charge in [-0.1, -0.05) is 24.3 Å². The SMILES string of the molecule is COc1ccccc1NC(=O)C1=C(C)NC(=O)NC1c1cccc([N+](=O)[O-])c1. The summed E-state index contributed by atoms with van der Waals surface area (Å²) in [6, 6.07) is 11.4. The molecular formula is C19H18N4O5. The summed E-state index contributed by atoms with van der Waals surface area (Å²) in [7, 11) is 1.49. The Balaban J connectivity index is 1.99. The molecule has 1 heterocycles. The molecule has 0 bridgehead atoms. The first-order valence-electron chi connectivity index (χ1n) is 8.37. The normalized spacial score (nSPS) is 16.1. The number of methoxy groups -OCH3 is 1. The van der Waals surface area contributed by atoms with Gasteiger partial charge in [0.25, 0.3) is 11.6 Å². The minimum atomic E-state index is -0.844. The Morgan fingerprint density at radius 3 is 2.68 bits per heavy atom. The smallest absolute Gasteiger partial charge is 0.319 e. The number of nitro benzene ring substituents is 1. The average molecular weight is 382 g/mol. The third-order valence-corrected chi connectivity index (χ3v) is 4.28. The van der Waals surface area contributed by atoms with Gasteiger partial charge < -0.3 is 20.7 Å². The van der Waals surface area contributed by atoms with E-state index in [1.54, 1.807) is 37.3 Å². The molecule has 9 heteroatoms. The summed E-state index contributed by atoms with van der Waals surface area (Å²) in [5, 5.41) is 19.1. The van der Waals surface area contributed by atoms with Crippen molar-refractivity contribution in [3.63, 3.8) is 0 Å². The van der Waals surface area contributed by atoms with Crippen molar-refractivity contribution in [1.29, 1.82) is 0 Å². The van der Waals surface area contributed by atoms with E-state index in [1.165, 1.54) is 25.3 Å². The van der Waals surface area contributed by atoms with Gasteiger partial charge in [0.1, 0.15) is 5.75 Å². The molecule has 28 heavy (non-hydrogen) atoms. The second-order valence-corrected chi connectivity index (χ2v) is 6.08. The van der Waals surface area contributed by atoms with Crippen molar-refractivity contribution < 1.29 is 19.2 Å². The summed E-state index contributed by atoms with van der Waals surface area (Å²) in [5.41, 5.74) is 1.35. The van der Waals surface area contributed by atoms with Crippen LogP contribution in [0.3, 0.4) is 0 Å². The van der Waals surface area contributed by atoms with Crippen LogP contribution in [0.2, 0.25) is 0 Å². The van der Waals surface area contributed by atoms with Crippen molar-refractivity contribution in [2.24, 2.45) is 0 Å². The molecule has 2 aromatic rings. The molecule has 0 radical (unpaired) electrons. The Labute approximate surface area is 160 Å². The van der Waals surface area contributed by atoms with Gasteiger partial charge in [0.05, 0.1) is 29.3 Å². The number of benzene rings is 2. The average Bonchev–Trinajstić information content (AvgIpc) is 2.67. The number of rotatable bonds is 5. The van der Waals surface area contributed by atoms with Crippen LogP contribution in [0, 0.1) is 10.1 Å². The lowest BCUT2D eigenvalue weighted by Crippen LogP contribution is -2.46. The second-order valence-electron chi connectivity index (χ2n) is 6.08. The van der Waals surface area contributed by atoms with Crippen molar-refractivity contribution >= 4 is 23.3 Å². The van der Waals surface area contributed by atoms with Crippen molar-refractivity contribution in [3.8, 4) is 5.75 Å². The molecule has 1 aliphatic heterocycles. The number of anilines is 1. The van der Waals surface area contributed by atoms with Crippen molar-refractivity contribution in [2.75, 3.05) is 12.4 Å². The van der Waals surface area contributed by atoms with Gasteiger partial charge in [-0.15, -0.1) is 0 Å². The van der Waals surface area contributed by atoms with Gasteiger partial charge in [-0.05, 0) is 24.6 Å². The van der Waals surface area contributed by atoms with Gasteiger partial charge >= 0.3 is 6.03 Å². The number of nitrogens with zero attached hydrogens (tertiary/aromatic N) is 1. The van der Waals surface area contributed by atoms with Crippen LogP contribution in [0.5, 0.6) is 5.75 Å². The number of hydrogen-bond donors (Lipinski definition) is 3. The number of amides is 3. The van der Waals surface area contributed by atoms with Gasteiger partial charge in [0.2, 0.25) is 0 Å². The van der Waals surface area contributed by atoms with E-state index in [0.717, 1.165) is 0 Å². The number of hydrogen-bond acceptors (Lipinski definition) is 5. The van der Waals surface area contributed by atoms with E-state index in [1.807, 2.05) is 0 Å². The van der Waals surface area contributed by atoms with Crippen LogP contribution >= 0.6 is 0 Å². The number of nitro groups is 1. The maximum atomic E-state index is 13.0. The van der Waals surface area contributed by atoms with Gasteiger partial charge in [0, 0.05) is 17.8 Å². The highest BCUT2D eigenvalue weighted by atomic mass is 16.6. The number of carbonyl (C=O) groups excluding carboxylic acids is 2. The summed E-state index contributed by atoms with van der Waals surface area (Å²) >= 11 is 0. The lowest BCUT2D eigenvalue weighted by atomic mass is 9.94. The fourth-order valence-electron chi connectivity index (χ4n) is 3.00. The van der Waals surface area contributed by atoms with E-state index < -0.39 is 22.9 Å². The first kappa shape index (κ1) is 18.9. The van der Waals surface area contributed by atoms with Crippen LogP contribution in [0.15, 0.2) is 59.8 Å². The molecule has 0 saturated carbocycles. The molecule has 1 aliphatic rings. The highest BCUT2D eigenvalue weighted by molar-refractivity contribution is 6.07. The summed E-state index contributed by atoms with van der Waals surface area (Å²) in [4.78, 5) is 35.5. The number of urea groups is 1. The molecule has 3 amide bonds. The molecule has 0 aliphatic carbocycles. The minimum absolute atomic E-state index is 0.132. The van der Waals surface area contributed by atoms with E-state index >= 15 is 0 Å². The van der Waals surface area contributed by atoms with Crippen LogP contribution in [-0.2, 0) is 4.79 Å². The Kier molecular flexibility index (Phi) is 5.25. The fourth-order valence-corrected chi connectivity index (χ4v) is 3.00. The molecule has 3 rings (SSSR count). The Bertz CT molecular complexity index is 986. The van der Waals surface area contributed by atoms with Crippen LogP contribution in [0.4, 0.5) is 16.2 Å². The van der Waals surface area contributed by atoms with E-state index in [2.05, 4.69) is 16.0 Å². The Morgan fingerprint density at radius 1 is 1.21 bits per heavy atom. The van der Waals surface area contributed by atoms with E-state index in [0.29, 0.717) is 22.7 Å². The van der Waals surface area contributed by atoms with Gasteiger partial charge in [-0.3, -0.25) is 14.9 Å². The molecule has 0 aromatic heterocycles. The largest absolute Gasteiger partial charge is 0.495 e. The highest BCUT2D eigenvalue weighted by Crippen LogP contribution is 2.31. The van der Waals surface area contributed by atoms with E-state index in [-0.39, 0.29) is 11.3 Å². The number of ether oxygens (including phenoxy) is 1. The quantitative estimate of drug-likeness (QED) is 0.542. The third-order valence-electron chi connectivity index (χ3n) is 4.28. The predicted molar refractivity (Wildman–Crippen MR) is 102 cm³/mol. The highest BCUT2D eigenvalue weighted by Gasteiger charge is 2.32. The number of carbonyl (C=O) groups is 2. The molecule has 3 N–H and O–H groups in total. The Morgan fingerprint density at radius 2 is 1.96 bits per heavy atom. The van der Waals surface area contributed by atoms with Crippen LogP contribution in [0.25, 0.3) is 0 Å². The van der Waals surface area contributed by atoms with Gasteiger partial charge in [0.15, 0.2) is 0 Å². The monoisotopic (exact) mass is 382 g/mol. The Hall–Kier alpha value is -3.88. The lowest BCUT2D eigenvalue weighted by Gasteiger charge is -2.28. The summed E-state index contributed by atoms with van der Waals surface area (Å²) < 4.78 is 5.24. The molecule has 2 aromatic carbocycles. The maximum absolute atomic E-state index is 13.0. The molecule has 1 atom stereocenters. The van der Waals surface area contributed by atoms with Crippen molar-refractivity contribution in [3.05, 3.63) is 75.5 Å². The van der Waals surface area contributed by atoms with Gasteiger partial charge in [-0.2, -0.15) is 0 Å². The maximum Gasteiger partial charge on any atom is 0.319 e. The minimum Gasteiger partial charge on any atom is -0.495 e. The van der Waals surface area contributed by atoms with Crippen LogP contribution in [0.1, 0.15) is 18.5 Å². The molecule has 0 fully saturated rings. The summed E-state index contributed by atoms with van der Waals surface area (Å²) in [5.74, 6) is 0.0137. The van der Waals surface area contributed by atoms with Crippen molar-refractivity contribution in [1.82, 2.24) is 10.6 Å². The predicted octanol–water partition coefficient (Wildman–Crippen LogP) is 2.87. The van der Waals surface area contributed by atoms with Crippen LogP contribution < -0.4 is 20.7 Å². The van der Waals surface area contributed by atoms with E-state index in [4.69, 9.17) is 4.74 Å². The summed E-state index contributed by atoms with van der Waals surface area (Å²) in [6.45, 7) is 1.60. The standard InChI is InChI=1S/C19H18N4O5/c1-11-16(18(24)21-14-8-3-4-9-15(14)28-2)17(22-19(25)20-11)12-6-5-7-13(10-12)23(26)27/h3-10,17H,1-2H3,(H,21,24)(H2,20,22,25). The molecule has 9 nitrogen and oxygen atoms in total. The lowest BCUT2D eigenvalue weighted by molar-refractivity contribution is -0.384. The first-order chi connectivity index (χ1) is 13.4. The third kappa shape index (κ3) is 3.78. The zero-order valence-corrected chi connectivity index (χ0v) is 15.2. The molecular weight excluding hydrogens is 364 g/mol. The molecule has 0 spiro atoms. The number of allylic oxidation sites excluding steroid dienone is 1. The molecule has 1 unspecified atom stereocenters. The van der Waals surface area contributed by atoms with Gasteiger partial charge in [-0.25, -0.2) is 4.79 Å². The second kappa shape index (κ2) is 7.78.